The van der Waals surface area contributed by atoms with Crippen LogP contribution >= 0.6 is 35.2 Å². The smallest absolute Gasteiger partial charge is 0.164 e. The van der Waals surface area contributed by atoms with E-state index >= 15 is 0 Å². The summed E-state index contributed by atoms with van der Waals surface area (Å²) in [6.45, 7) is 0.532. The Morgan fingerprint density at radius 3 is 3.05 bits per heavy atom. The topological polar surface area (TPSA) is 17.8 Å². The molecule has 1 aromatic heterocycles. The molecule has 0 atom stereocenters. The molecule has 96 valence electrons. The Kier molecular flexibility index (Phi) is 3.35. The molecule has 0 aromatic carbocycles. The summed E-state index contributed by atoms with van der Waals surface area (Å²) >= 11 is 12.3. The van der Waals surface area contributed by atoms with E-state index in [1.807, 2.05) is 29.0 Å². The predicted octanol–water partition coefficient (Wildman–Crippen LogP) is 4.62. The average molecular weight is 311 g/mol. The van der Waals surface area contributed by atoms with Crippen molar-refractivity contribution in [2.24, 2.45) is 0 Å². The highest BCUT2D eigenvalue weighted by Gasteiger charge is 2.09. The zero-order valence-corrected chi connectivity index (χ0v) is 12.0. The van der Waals surface area contributed by atoms with Crippen molar-refractivity contribution in [2.75, 3.05) is 0 Å². The maximum absolute atomic E-state index is 13.4. The largest absolute Gasteiger partial charge is 0.342 e. The van der Waals surface area contributed by atoms with Gasteiger partial charge in [0.25, 0.3) is 0 Å². The summed E-state index contributed by atoms with van der Waals surface area (Å²) in [5.74, 6) is -0.499. The van der Waals surface area contributed by atoms with Crippen molar-refractivity contribution in [3.8, 4) is 10.6 Å². The monoisotopic (exact) mass is 310 g/mol. The lowest BCUT2D eigenvalue weighted by atomic mass is 10.2. The number of hydrogen-bond donors (Lipinski definition) is 0. The van der Waals surface area contributed by atoms with Crippen LogP contribution in [0.3, 0.4) is 0 Å². The summed E-state index contributed by atoms with van der Waals surface area (Å²) < 4.78 is 16.2. The van der Waals surface area contributed by atoms with Gasteiger partial charge >= 0.3 is 0 Å². The van der Waals surface area contributed by atoms with E-state index in [1.165, 1.54) is 6.07 Å². The maximum atomic E-state index is 13.4. The van der Waals surface area contributed by atoms with Crippen molar-refractivity contribution in [1.29, 1.82) is 0 Å². The fourth-order valence-electron chi connectivity index (χ4n) is 1.91. The first-order valence-corrected chi connectivity index (χ1v) is 7.13. The van der Waals surface area contributed by atoms with E-state index in [0.29, 0.717) is 6.54 Å². The Morgan fingerprint density at radius 1 is 1.42 bits per heavy atom. The highest BCUT2D eigenvalue weighted by Crippen LogP contribution is 2.29. The third kappa shape index (κ3) is 2.54. The summed E-state index contributed by atoms with van der Waals surface area (Å²) in [4.78, 5) is 4.94. The highest BCUT2D eigenvalue weighted by molar-refractivity contribution is 7.73. The zero-order chi connectivity index (χ0) is 13.4. The van der Waals surface area contributed by atoms with E-state index in [4.69, 9.17) is 23.8 Å². The van der Waals surface area contributed by atoms with Gasteiger partial charge in [-0.1, -0.05) is 23.8 Å². The van der Waals surface area contributed by atoms with E-state index < -0.39 is 5.82 Å². The van der Waals surface area contributed by atoms with Crippen molar-refractivity contribution in [2.45, 2.75) is 6.54 Å². The van der Waals surface area contributed by atoms with Gasteiger partial charge in [-0.25, -0.2) is 9.37 Å². The molecule has 0 saturated carbocycles. The van der Waals surface area contributed by atoms with Gasteiger partial charge < -0.3 is 4.57 Å². The van der Waals surface area contributed by atoms with E-state index in [1.54, 1.807) is 17.5 Å². The second-order valence-corrected chi connectivity index (χ2v) is 6.21. The van der Waals surface area contributed by atoms with E-state index in [9.17, 15) is 4.39 Å². The third-order valence-corrected chi connectivity index (χ3v) is 4.28. The maximum Gasteiger partial charge on any atom is 0.164 e. The standard InChI is InChI=1S/C13H8ClFN2S2/c14-13-9(15)4-8(6-16-13)7-17-3-1-2-11-10(17)5-12(18)19-11/h1-6H,7H2. The van der Waals surface area contributed by atoms with Gasteiger partial charge in [0.15, 0.2) is 11.0 Å². The first-order chi connectivity index (χ1) is 9.13. The molecule has 0 N–H and O–H groups in total. The molecule has 19 heavy (non-hydrogen) atoms. The minimum atomic E-state index is -0.499. The van der Waals surface area contributed by atoms with Crippen LogP contribution in [0.5, 0.6) is 0 Å². The number of nitrogens with zero attached hydrogens (tertiary/aromatic N) is 2. The van der Waals surface area contributed by atoms with E-state index in [0.717, 1.165) is 20.0 Å². The first-order valence-electron chi connectivity index (χ1n) is 5.52. The summed E-state index contributed by atoms with van der Waals surface area (Å²) in [6.07, 6.45) is 3.52. The molecule has 3 rings (SSSR count). The molecule has 2 aliphatic heterocycles. The van der Waals surface area contributed by atoms with Crippen LogP contribution in [-0.2, 0) is 6.54 Å². The molecule has 1 aromatic rings. The Hall–Kier alpha value is -1.30. The Balaban J connectivity index is 2.01. The molecule has 0 spiro atoms. The number of halogens is 2. The van der Waals surface area contributed by atoms with Gasteiger partial charge in [-0.15, -0.1) is 11.3 Å². The van der Waals surface area contributed by atoms with E-state index in [2.05, 4.69) is 4.98 Å². The quantitative estimate of drug-likeness (QED) is 0.508. The number of rotatable bonds is 2. The number of hydrogen-bond acceptors (Lipinski definition) is 3. The molecule has 0 radical (unpaired) electrons. The van der Waals surface area contributed by atoms with Gasteiger partial charge in [-0.05, 0) is 29.8 Å². The molecule has 0 amide bonds. The molecule has 6 heteroatoms. The van der Waals surface area contributed by atoms with Gasteiger partial charge in [0.2, 0.25) is 0 Å². The molecule has 0 saturated heterocycles. The van der Waals surface area contributed by atoms with Crippen LogP contribution in [0, 0.1) is 9.64 Å². The molecule has 0 unspecified atom stereocenters. The summed E-state index contributed by atoms with van der Waals surface area (Å²) in [7, 11) is 0. The van der Waals surface area contributed by atoms with Gasteiger partial charge in [-0.2, -0.15) is 0 Å². The van der Waals surface area contributed by atoms with Crippen LogP contribution < -0.4 is 0 Å². The zero-order valence-electron chi connectivity index (χ0n) is 9.64. The molecular weight excluding hydrogens is 303 g/mol. The molecule has 3 heterocycles. The van der Waals surface area contributed by atoms with Gasteiger partial charge in [0.05, 0.1) is 14.4 Å². The Morgan fingerprint density at radius 2 is 2.26 bits per heavy atom. The normalized spacial score (nSPS) is 11.1. The SMILES string of the molecule is Fc1cc(Cn2cccc3sc(=S)cc2-3)cnc1Cl. The van der Waals surface area contributed by atoms with Crippen molar-refractivity contribution in [1.82, 2.24) is 9.55 Å². The van der Waals surface area contributed by atoms with E-state index in [-0.39, 0.29) is 5.15 Å². The van der Waals surface area contributed by atoms with Gasteiger partial charge in [0.1, 0.15) is 0 Å². The first kappa shape index (κ1) is 12.7. The molecular formula is C13H8ClFN2S2. The minimum absolute atomic E-state index is 0.102. The van der Waals surface area contributed by atoms with Crippen molar-refractivity contribution in [3.05, 3.63) is 57.0 Å². The molecule has 2 aliphatic rings. The molecule has 0 fully saturated rings. The number of aromatic nitrogens is 2. The second kappa shape index (κ2) is 5.00. The van der Waals surface area contributed by atoms with Crippen molar-refractivity contribution in [3.63, 3.8) is 0 Å². The average Bonchev–Trinajstić information content (AvgIpc) is 2.75. The van der Waals surface area contributed by atoms with Crippen LogP contribution in [0.1, 0.15) is 5.56 Å². The third-order valence-electron chi connectivity index (χ3n) is 2.75. The highest BCUT2D eigenvalue weighted by atomic mass is 35.5. The van der Waals surface area contributed by atoms with Gasteiger partial charge in [-0.3, -0.25) is 0 Å². The van der Waals surface area contributed by atoms with Crippen LogP contribution in [0.25, 0.3) is 10.6 Å². The lowest BCUT2D eigenvalue weighted by molar-refractivity contribution is 0.617. The minimum Gasteiger partial charge on any atom is -0.342 e. The lowest BCUT2D eigenvalue weighted by Gasteiger charge is -2.11. The predicted molar refractivity (Wildman–Crippen MR) is 78.1 cm³/mol. The number of pyridine rings is 2. The number of thiophene rings is 1. The summed E-state index contributed by atoms with van der Waals surface area (Å²) in [5.41, 5.74) is 1.81. The summed E-state index contributed by atoms with van der Waals surface area (Å²) in [5, 5.41) is -0.102. The van der Waals surface area contributed by atoms with Crippen LogP contribution in [-0.4, -0.2) is 9.55 Å². The Bertz CT molecular complexity index is 766. The van der Waals surface area contributed by atoms with Crippen LogP contribution in [0.2, 0.25) is 5.15 Å². The van der Waals surface area contributed by atoms with Crippen molar-refractivity contribution < 1.29 is 4.39 Å². The lowest BCUT2D eigenvalue weighted by Crippen LogP contribution is -2.03. The molecule has 0 aliphatic carbocycles. The van der Waals surface area contributed by atoms with Crippen LogP contribution in [0.15, 0.2) is 36.7 Å². The Labute approximate surface area is 123 Å². The van der Waals surface area contributed by atoms with Crippen LogP contribution in [0.4, 0.5) is 4.39 Å². The summed E-state index contributed by atoms with van der Waals surface area (Å²) in [6, 6.07) is 7.33. The second-order valence-electron chi connectivity index (χ2n) is 4.07. The fourth-order valence-corrected chi connectivity index (χ4v) is 3.21. The fraction of sp³-hybridized carbons (Fsp3) is 0.0769. The van der Waals surface area contributed by atoms with Crippen molar-refractivity contribution >= 4 is 35.2 Å². The molecule has 2 nitrogen and oxygen atoms in total. The van der Waals surface area contributed by atoms with Gasteiger partial charge in [0, 0.05) is 18.9 Å². The number of fused-ring (bicyclic) bond motifs is 1. The molecule has 0 bridgehead atoms.